The molecule has 2 aliphatic heterocycles. The van der Waals surface area contributed by atoms with Crippen LogP contribution in [0.15, 0.2) is 0 Å². The minimum Gasteiger partial charge on any atom is -0.376 e. The summed E-state index contributed by atoms with van der Waals surface area (Å²) in [7, 11) is 0. The SMILES string of the molecule is C[C@H]1C[C@@H](C(=O)NCC2CCCO2)CCN1. The molecule has 2 aliphatic rings. The highest BCUT2D eigenvalue weighted by molar-refractivity contribution is 5.78. The van der Waals surface area contributed by atoms with Crippen LogP contribution >= 0.6 is 0 Å². The molecule has 1 unspecified atom stereocenters. The second kappa shape index (κ2) is 5.64. The highest BCUT2D eigenvalue weighted by Gasteiger charge is 2.25. The molecule has 2 fully saturated rings. The Bertz CT molecular complexity index is 239. The monoisotopic (exact) mass is 226 g/mol. The van der Waals surface area contributed by atoms with E-state index in [1.807, 2.05) is 0 Å². The van der Waals surface area contributed by atoms with Gasteiger partial charge < -0.3 is 15.4 Å². The Balaban J connectivity index is 1.70. The van der Waals surface area contributed by atoms with Crippen LogP contribution in [0.2, 0.25) is 0 Å². The van der Waals surface area contributed by atoms with Crippen molar-refractivity contribution in [3.63, 3.8) is 0 Å². The molecule has 0 aromatic heterocycles. The summed E-state index contributed by atoms with van der Waals surface area (Å²) in [6, 6.07) is 0.465. The molecule has 0 aliphatic carbocycles. The Hall–Kier alpha value is -0.610. The van der Waals surface area contributed by atoms with Crippen molar-refractivity contribution in [2.24, 2.45) is 5.92 Å². The Morgan fingerprint density at radius 3 is 3.06 bits per heavy atom. The lowest BCUT2D eigenvalue weighted by molar-refractivity contribution is -0.126. The van der Waals surface area contributed by atoms with Gasteiger partial charge in [-0.05, 0) is 39.2 Å². The quantitative estimate of drug-likeness (QED) is 0.743. The molecule has 2 heterocycles. The summed E-state index contributed by atoms with van der Waals surface area (Å²) in [5.41, 5.74) is 0. The number of piperidine rings is 1. The Kier molecular flexibility index (Phi) is 4.18. The topological polar surface area (TPSA) is 50.4 Å². The van der Waals surface area contributed by atoms with E-state index in [9.17, 15) is 4.79 Å². The summed E-state index contributed by atoms with van der Waals surface area (Å²) in [6.07, 6.45) is 4.38. The number of nitrogens with one attached hydrogen (secondary N) is 2. The number of carbonyl (C=O) groups excluding carboxylic acids is 1. The molecular formula is C12H22N2O2. The predicted octanol–water partition coefficient (Wildman–Crippen LogP) is 0.670. The lowest BCUT2D eigenvalue weighted by atomic mass is 9.92. The van der Waals surface area contributed by atoms with Gasteiger partial charge in [0.1, 0.15) is 0 Å². The maximum atomic E-state index is 11.9. The molecule has 2 saturated heterocycles. The summed E-state index contributed by atoms with van der Waals surface area (Å²) < 4.78 is 5.48. The lowest BCUT2D eigenvalue weighted by Crippen LogP contribution is -2.43. The van der Waals surface area contributed by atoms with E-state index >= 15 is 0 Å². The molecule has 16 heavy (non-hydrogen) atoms. The van der Waals surface area contributed by atoms with Crippen molar-refractivity contribution in [2.75, 3.05) is 19.7 Å². The van der Waals surface area contributed by atoms with Crippen LogP contribution in [-0.2, 0) is 9.53 Å². The van der Waals surface area contributed by atoms with Gasteiger partial charge in [0.15, 0.2) is 0 Å². The van der Waals surface area contributed by atoms with Crippen LogP contribution < -0.4 is 10.6 Å². The summed E-state index contributed by atoms with van der Waals surface area (Å²) in [6.45, 7) is 4.64. The maximum absolute atomic E-state index is 11.9. The van der Waals surface area contributed by atoms with E-state index in [1.165, 1.54) is 0 Å². The van der Waals surface area contributed by atoms with Crippen LogP contribution in [0.4, 0.5) is 0 Å². The average Bonchev–Trinajstić information content (AvgIpc) is 2.78. The fourth-order valence-corrected chi connectivity index (χ4v) is 2.53. The standard InChI is InChI=1S/C12H22N2O2/c1-9-7-10(4-5-13-9)12(15)14-8-11-3-2-6-16-11/h9-11,13H,2-8H2,1H3,(H,14,15)/t9-,10-,11?/m0/s1. The van der Waals surface area contributed by atoms with Crippen LogP contribution in [0.25, 0.3) is 0 Å². The van der Waals surface area contributed by atoms with Gasteiger partial charge in [-0.3, -0.25) is 4.79 Å². The molecule has 4 nitrogen and oxygen atoms in total. The summed E-state index contributed by atoms with van der Waals surface area (Å²) in [4.78, 5) is 11.9. The molecule has 1 amide bonds. The Labute approximate surface area is 97.1 Å². The molecule has 92 valence electrons. The van der Waals surface area contributed by atoms with Crippen molar-refractivity contribution in [1.82, 2.24) is 10.6 Å². The largest absolute Gasteiger partial charge is 0.376 e. The molecule has 3 atom stereocenters. The van der Waals surface area contributed by atoms with E-state index in [0.717, 1.165) is 38.8 Å². The van der Waals surface area contributed by atoms with Crippen molar-refractivity contribution in [1.29, 1.82) is 0 Å². The van der Waals surface area contributed by atoms with E-state index in [-0.39, 0.29) is 17.9 Å². The van der Waals surface area contributed by atoms with Gasteiger partial charge in [0.2, 0.25) is 5.91 Å². The first kappa shape index (κ1) is 11.9. The fourth-order valence-electron chi connectivity index (χ4n) is 2.53. The molecule has 2 rings (SSSR count). The minimum atomic E-state index is 0.192. The number of amides is 1. The van der Waals surface area contributed by atoms with Crippen LogP contribution in [0.1, 0.15) is 32.6 Å². The van der Waals surface area contributed by atoms with Gasteiger partial charge >= 0.3 is 0 Å². The van der Waals surface area contributed by atoms with Gasteiger partial charge in [-0.15, -0.1) is 0 Å². The molecule has 0 aromatic rings. The third-order valence-electron chi connectivity index (χ3n) is 3.52. The summed E-state index contributed by atoms with van der Waals surface area (Å²) in [5.74, 6) is 0.404. The number of hydrogen-bond donors (Lipinski definition) is 2. The average molecular weight is 226 g/mol. The Morgan fingerprint density at radius 2 is 2.38 bits per heavy atom. The number of rotatable bonds is 3. The first-order valence-corrected chi connectivity index (χ1v) is 6.38. The zero-order chi connectivity index (χ0) is 11.4. The third-order valence-corrected chi connectivity index (χ3v) is 3.52. The van der Waals surface area contributed by atoms with E-state index in [1.54, 1.807) is 0 Å². The fraction of sp³-hybridized carbons (Fsp3) is 0.917. The zero-order valence-corrected chi connectivity index (χ0v) is 10.00. The normalized spacial score (nSPS) is 34.9. The molecule has 0 radical (unpaired) electrons. The smallest absolute Gasteiger partial charge is 0.223 e. The molecule has 2 N–H and O–H groups in total. The third kappa shape index (κ3) is 3.19. The van der Waals surface area contributed by atoms with Crippen molar-refractivity contribution >= 4 is 5.91 Å². The van der Waals surface area contributed by atoms with Crippen molar-refractivity contribution in [3.05, 3.63) is 0 Å². The van der Waals surface area contributed by atoms with E-state index in [0.29, 0.717) is 12.6 Å². The van der Waals surface area contributed by atoms with Gasteiger partial charge in [-0.1, -0.05) is 0 Å². The van der Waals surface area contributed by atoms with Crippen molar-refractivity contribution < 1.29 is 9.53 Å². The van der Waals surface area contributed by atoms with Gasteiger partial charge in [0, 0.05) is 25.1 Å². The van der Waals surface area contributed by atoms with Crippen LogP contribution in [0.5, 0.6) is 0 Å². The highest BCUT2D eigenvalue weighted by Crippen LogP contribution is 2.16. The van der Waals surface area contributed by atoms with E-state index < -0.39 is 0 Å². The first-order valence-electron chi connectivity index (χ1n) is 6.38. The van der Waals surface area contributed by atoms with Crippen LogP contribution in [-0.4, -0.2) is 37.7 Å². The zero-order valence-electron chi connectivity index (χ0n) is 10.00. The Morgan fingerprint density at radius 1 is 1.50 bits per heavy atom. The first-order chi connectivity index (χ1) is 7.75. The molecular weight excluding hydrogens is 204 g/mol. The second-order valence-electron chi connectivity index (χ2n) is 4.96. The molecule has 4 heteroatoms. The number of hydrogen-bond acceptors (Lipinski definition) is 3. The molecule has 0 saturated carbocycles. The van der Waals surface area contributed by atoms with Crippen LogP contribution in [0.3, 0.4) is 0 Å². The minimum absolute atomic E-state index is 0.192. The number of carbonyl (C=O) groups is 1. The number of ether oxygens (including phenoxy) is 1. The predicted molar refractivity (Wildman–Crippen MR) is 62.2 cm³/mol. The summed E-state index contributed by atoms with van der Waals surface area (Å²) in [5, 5.41) is 6.38. The van der Waals surface area contributed by atoms with E-state index in [4.69, 9.17) is 4.74 Å². The van der Waals surface area contributed by atoms with E-state index in [2.05, 4.69) is 17.6 Å². The van der Waals surface area contributed by atoms with Crippen molar-refractivity contribution in [2.45, 2.75) is 44.8 Å². The molecule has 0 spiro atoms. The lowest BCUT2D eigenvalue weighted by Gasteiger charge is -2.27. The van der Waals surface area contributed by atoms with Gasteiger partial charge in [0.05, 0.1) is 6.10 Å². The van der Waals surface area contributed by atoms with Gasteiger partial charge in [-0.2, -0.15) is 0 Å². The maximum Gasteiger partial charge on any atom is 0.223 e. The van der Waals surface area contributed by atoms with Gasteiger partial charge in [0.25, 0.3) is 0 Å². The highest BCUT2D eigenvalue weighted by atomic mass is 16.5. The van der Waals surface area contributed by atoms with Crippen molar-refractivity contribution in [3.8, 4) is 0 Å². The molecule has 0 bridgehead atoms. The van der Waals surface area contributed by atoms with Crippen LogP contribution in [0, 0.1) is 5.92 Å². The van der Waals surface area contributed by atoms with Gasteiger partial charge in [-0.25, -0.2) is 0 Å². The summed E-state index contributed by atoms with van der Waals surface area (Å²) >= 11 is 0. The second-order valence-corrected chi connectivity index (χ2v) is 4.96. The molecule has 0 aromatic carbocycles.